The average molecular weight is 401 g/mol. The third-order valence-electron chi connectivity index (χ3n) is 4.02. The molecule has 2 rings (SSSR count). The highest BCUT2D eigenvalue weighted by Crippen LogP contribution is 2.39. The molecular weight excluding hydrogens is 383 g/mol. The van der Waals surface area contributed by atoms with Gasteiger partial charge < -0.3 is 10.2 Å². The fraction of sp³-hybridized carbons (Fsp3) is 0.278. The first-order chi connectivity index (χ1) is 11.8. The van der Waals surface area contributed by atoms with E-state index >= 15 is 0 Å². The topological polar surface area (TPSA) is 91.7 Å². The van der Waals surface area contributed by atoms with Crippen LogP contribution in [0.4, 0.5) is 4.39 Å². The van der Waals surface area contributed by atoms with E-state index in [4.69, 9.17) is 11.6 Å². The third-order valence-corrected chi connectivity index (χ3v) is 6.19. The van der Waals surface area contributed by atoms with Crippen LogP contribution in [-0.4, -0.2) is 24.6 Å². The Balaban J connectivity index is 2.90. The molecule has 0 saturated heterocycles. The van der Waals surface area contributed by atoms with Crippen molar-refractivity contribution in [2.45, 2.75) is 42.9 Å². The Hall–Kier alpha value is -2.12. The van der Waals surface area contributed by atoms with Gasteiger partial charge >= 0.3 is 5.97 Å². The summed E-state index contributed by atoms with van der Waals surface area (Å²) in [7, 11) is -4.19. The molecule has 0 aliphatic heterocycles. The van der Waals surface area contributed by atoms with Crippen LogP contribution in [0.2, 0.25) is 5.02 Å². The summed E-state index contributed by atoms with van der Waals surface area (Å²) in [4.78, 5) is 11.1. The van der Waals surface area contributed by atoms with Gasteiger partial charge in [-0.3, -0.25) is 0 Å². The molecule has 0 saturated carbocycles. The maximum Gasteiger partial charge on any atom is 0.339 e. The molecule has 0 amide bonds. The van der Waals surface area contributed by atoms with Crippen molar-refractivity contribution in [2.75, 3.05) is 0 Å². The van der Waals surface area contributed by atoms with Crippen LogP contribution in [0.3, 0.4) is 0 Å². The minimum atomic E-state index is -4.19. The first kappa shape index (κ1) is 20.2. The summed E-state index contributed by atoms with van der Waals surface area (Å²) in [6.45, 7) is 6.45. The average Bonchev–Trinajstić information content (AvgIpc) is 2.48. The summed E-state index contributed by atoms with van der Waals surface area (Å²) in [5.41, 5.74) is -1.13. The van der Waals surface area contributed by atoms with Gasteiger partial charge in [-0.1, -0.05) is 32.4 Å². The molecule has 5 nitrogen and oxygen atoms in total. The second kappa shape index (κ2) is 6.55. The zero-order valence-corrected chi connectivity index (χ0v) is 16.2. The smallest absolute Gasteiger partial charge is 0.339 e. The van der Waals surface area contributed by atoms with Crippen molar-refractivity contribution in [1.82, 2.24) is 0 Å². The monoisotopic (exact) mass is 400 g/mol. The van der Waals surface area contributed by atoms with Crippen molar-refractivity contribution in [1.29, 1.82) is 0 Å². The van der Waals surface area contributed by atoms with Gasteiger partial charge in [0.25, 0.3) is 0 Å². The zero-order chi connectivity index (χ0) is 20.0. The van der Waals surface area contributed by atoms with Gasteiger partial charge in [0.15, 0.2) is 0 Å². The molecule has 0 radical (unpaired) electrons. The molecule has 0 unspecified atom stereocenters. The molecule has 0 aliphatic carbocycles. The van der Waals surface area contributed by atoms with E-state index in [9.17, 15) is 27.8 Å². The number of phenols is 1. The number of sulfone groups is 1. The van der Waals surface area contributed by atoms with E-state index in [1.807, 2.05) is 0 Å². The lowest BCUT2D eigenvalue weighted by Crippen LogP contribution is -2.17. The number of carboxylic acids is 1. The summed E-state index contributed by atoms with van der Waals surface area (Å²) in [5, 5.41) is 19.5. The molecule has 2 aromatic carbocycles. The van der Waals surface area contributed by atoms with Crippen molar-refractivity contribution < 1.29 is 27.8 Å². The lowest BCUT2D eigenvalue weighted by atomic mass is 9.84. The van der Waals surface area contributed by atoms with Crippen molar-refractivity contribution in [2.24, 2.45) is 0 Å². The molecule has 0 atom stereocenters. The van der Waals surface area contributed by atoms with E-state index in [1.54, 1.807) is 20.8 Å². The number of aromatic hydroxyl groups is 1. The maximum atomic E-state index is 13.4. The third kappa shape index (κ3) is 3.41. The molecule has 140 valence electrons. The van der Waals surface area contributed by atoms with Gasteiger partial charge in [-0.15, -0.1) is 0 Å². The minimum Gasteiger partial charge on any atom is -0.507 e. The van der Waals surface area contributed by atoms with Gasteiger partial charge in [-0.05, 0) is 42.2 Å². The summed E-state index contributed by atoms with van der Waals surface area (Å²) in [5.74, 6) is -2.69. The van der Waals surface area contributed by atoms with Gasteiger partial charge in [0.2, 0.25) is 9.84 Å². The van der Waals surface area contributed by atoms with Gasteiger partial charge in [0.05, 0.1) is 14.8 Å². The summed E-state index contributed by atoms with van der Waals surface area (Å²) < 4.78 is 39.4. The molecular formula is C18H18ClFO5S. The molecule has 0 bridgehead atoms. The van der Waals surface area contributed by atoms with Crippen LogP contribution in [-0.2, 0) is 15.3 Å². The van der Waals surface area contributed by atoms with E-state index in [0.29, 0.717) is 0 Å². The minimum absolute atomic E-state index is 0.108. The normalized spacial score (nSPS) is 12.2. The van der Waals surface area contributed by atoms with Gasteiger partial charge in [-0.2, -0.15) is 0 Å². The lowest BCUT2D eigenvalue weighted by molar-refractivity contribution is 0.0692. The molecule has 8 heteroatoms. The fourth-order valence-corrected chi connectivity index (χ4v) is 4.42. The zero-order valence-electron chi connectivity index (χ0n) is 14.6. The Labute approximate surface area is 156 Å². The van der Waals surface area contributed by atoms with Gasteiger partial charge in [-0.25, -0.2) is 17.6 Å². The molecule has 0 fully saturated rings. The van der Waals surface area contributed by atoms with Gasteiger partial charge in [0.1, 0.15) is 17.1 Å². The van der Waals surface area contributed by atoms with Crippen molar-refractivity contribution >= 4 is 27.4 Å². The molecule has 2 aromatic rings. The van der Waals surface area contributed by atoms with E-state index in [1.165, 1.54) is 13.0 Å². The van der Waals surface area contributed by atoms with Crippen molar-refractivity contribution in [3.8, 4) is 5.75 Å². The second-order valence-corrected chi connectivity index (χ2v) is 9.23. The van der Waals surface area contributed by atoms with E-state index < -0.39 is 38.4 Å². The molecule has 0 heterocycles. The molecule has 26 heavy (non-hydrogen) atoms. The van der Waals surface area contributed by atoms with Crippen LogP contribution >= 0.6 is 11.6 Å². The number of rotatable bonds is 3. The summed E-state index contributed by atoms with van der Waals surface area (Å²) in [6.07, 6.45) is 0. The van der Waals surface area contributed by atoms with Crippen LogP contribution in [0, 0.1) is 12.7 Å². The Morgan fingerprint density at radius 1 is 1.19 bits per heavy atom. The molecule has 0 aliphatic rings. The number of hydrogen-bond acceptors (Lipinski definition) is 4. The number of hydrogen-bond donors (Lipinski definition) is 2. The number of benzene rings is 2. The first-order valence-electron chi connectivity index (χ1n) is 7.59. The van der Waals surface area contributed by atoms with Crippen LogP contribution in [0.5, 0.6) is 5.75 Å². The maximum absolute atomic E-state index is 13.4. The van der Waals surface area contributed by atoms with E-state index in [0.717, 1.165) is 18.2 Å². The Morgan fingerprint density at radius 3 is 2.23 bits per heavy atom. The molecule has 0 spiro atoms. The lowest BCUT2D eigenvalue weighted by Gasteiger charge is -2.24. The van der Waals surface area contributed by atoms with E-state index in [2.05, 4.69) is 0 Å². The van der Waals surface area contributed by atoms with Crippen molar-refractivity contribution in [3.63, 3.8) is 0 Å². The number of halogens is 2. The highest BCUT2D eigenvalue weighted by atomic mass is 35.5. The molecule has 0 aromatic heterocycles. The largest absolute Gasteiger partial charge is 0.507 e. The summed E-state index contributed by atoms with van der Waals surface area (Å²) >= 11 is 5.68. The molecule has 2 N–H and O–H groups in total. The standard InChI is InChI=1S/C18H18ClFO5S/c1-9-14(26(24,25)10-5-6-13(20)12(19)7-10)8-11(18(2,3)4)16(21)15(9)17(22)23/h5-8,21H,1-4H3,(H,22,23). The first-order valence-corrected chi connectivity index (χ1v) is 9.45. The predicted octanol–water partition coefficient (Wildman–Crippen LogP) is 4.32. The van der Waals surface area contributed by atoms with E-state index in [-0.39, 0.29) is 25.9 Å². The highest BCUT2D eigenvalue weighted by molar-refractivity contribution is 7.91. The number of carboxylic acid groups (broad SMARTS) is 1. The SMILES string of the molecule is Cc1c(S(=O)(=O)c2ccc(F)c(Cl)c2)cc(C(C)(C)C)c(O)c1C(=O)O. The second-order valence-electron chi connectivity index (χ2n) is 6.91. The van der Waals surface area contributed by atoms with Crippen LogP contribution in [0.25, 0.3) is 0 Å². The van der Waals surface area contributed by atoms with Crippen LogP contribution < -0.4 is 0 Å². The summed E-state index contributed by atoms with van der Waals surface area (Å²) in [6, 6.07) is 4.20. The Kier molecular flexibility index (Phi) is 5.09. The predicted molar refractivity (Wildman–Crippen MR) is 95.4 cm³/mol. The van der Waals surface area contributed by atoms with Gasteiger partial charge in [0, 0.05) is 5.56 Å². The Bertz CT molecular complexity index is 1010. The Morgan fingerprint density at radius 2 is 1.77 bits per heavy atom. The number of aromatic carboxylic acids is 1. The number of carbonyl (C=O) groups is 1. The van der Waals surface area contributed by atoms with Crippen molar-refractivity contribution in [3.05, 3.63) is 51.8 Å². The quantitative estimate of drug-likeness (QED) is 0.748. The van der Waals surface area contributed by atoms with Crippen LogP contribution in [0.15, 0.2) is 34.1 Å². The fourth-order valence-electron chi connectivity index (χ4n) is 2.63. The highest BCUT2D eigenvalue weighted by Gasteiger charge is 2.31. The van der Waals surface area contributed by atoms with Crippen LogP contribution in [0.1, 0.15) is 42.3 Å².